The van der Waals surface area contributed by atoms with E-state index in [2.05, 4.69) is 5.09 Å². The Morgan fingerprint density at radius 1 is 1.15 bits per heavy atom. The van der Waals surface area contributed by atoms with E-state index in [1.54, 1.807) is 61.2 Å². The van der Waals surface area contributed by atoms with E-state index >= 15 is 0 Å². The lowest BCUT2D eigenvalue weighted by Crippen LogP contribution is -2.35. The number of nitrogens with one attached hydrogen (secondary N) is 1. The number of methoxy groups -OCH3 is 1. The van der Waals surface area contributed by atoms with Crippen molar-refractivity contribution in [3.05, 3.63) is 64.3 Å². The molecule has 1 atom stereocenters. The van der Waals surface area contributed by atoms with Crippen molar-refractivity contribution in [2.24, 2.45) is 0 Å². The number of hydrogen-bond donors (Lipinski definition) is 2. The van der Waals surface area contributed by atoms with Crippen LogP contribution in [0.1, 0.15) is 28.0 Å². The van der Waals surface area contributed by atoms with Crippen molar-refractivity contribution in [3.8, 4) is 5.75 Å². The summed E-state index contributed by atoms with van der Waals surface area (Å²) >= 11 is 17.1. The van der Waals surface area contributed by atoms with Crippen LogP contribution in [0, 0.1) is 6.92 Å². The van der Waals surface area contributed by atoms with Gasteiger partial charge in [-0.3, -0.25) is 18.7 Å². The monoisotopic (exact) mass is 617 g/mol. The van der Waals surface area contributed by atoms with Gasteiger partial charge in [0.2, 0.25) is 0 Å². The molecule has 1 aliphatic heterocycles. The number of benzene rings is 2. The number of ether oxygens (including phenoxy) is 1. The van der Waals surface area contributed by atoms with Crippen LogP contribution in [0.2, 0.25) is 5.02 Å². The van der Waals surface area contributed by atoms with Crippen LogP contribution in [-0.2, 0) is 20.3 Å². The summed E-state index contributed by atoms with van der Waals surface area (Å²) < 4.78 is 25.9. The Kier molecular flexibility index (Phi) is 11.7. The van der Waals surface area contributed by atoms with Crippen LogP contribution in [-0.4, -0.2) is 71.3 Å². The molecule has 0 spiro atoms. The molecule has 0 bridgehead atoms. The van der Waals surface area contributed by atoms with Gasteiger partial charge in [-0.2, -0.15) is 0 Å². The van der Waals surface area contributed by atoms with Gasteiger partial charge in [0.1, 0.15) is 5.75 Å². The fourth-order valence-electron chi connectivity index (χ4n) is 4.23. The van der Waals surface area contributed by atoms with Crippen LogP contribution in [0.5, 0.6) is 5.75 Å². The molecule has 1 saturated heterocycles. The van der Waals surface area contributed by atoms with Crippen LogP contribution in [0.3, 0.4) is 0 Å². The molecule has 0 saturated carbocycles. The van der Waals surface area contributed by atoms with Crippen LogP contribution >= 0.6 is 42.5 Å². The quantitative estimate of drug-likeness (QED) is 0.228. The van der Waals surface area contributed by atoms with Crippen LogP contribution in [0.25, 0.3) is 10.9 Å². The number of aliphatic carboxylic acids is 1. The van der Waals surface area contributed by atoms with E-state index < -0.39 is 13.6 Å². The zero-order chi connectivity index (χ0) is 28.6. The number of halogens is 3. The topological polar surface area (TPSA) is 110 Å². The highest BCUT2D eigenvalue weighted by molar-refractivity contribution is 7.54. The fraction of sp³-hybridized carbons (Fsp3) is 0.385. The van der Waals surface area contributed by atoms with Gasteiger partial charge in [0.15, 0.2) is 0 Å². The van der Waals surface area contributed by atoms with E-state index in [1.807, 2.05) is 0 Å². The molecule has 3 aromatic rings. The average Bonchev–Trinajstić information content (AvgIpc) is 3.19. The van der Waals surface area contributed by atoms with E-state index in [9.17, 15) is 19.3 Å². The molecule has 1 fully saturated rings. The molecule has 9 nitrogen and oxygen atoms in total. The van der Waals surface area contributed by atoms with Crippen LogP contribution < -0.4 is 9.82 Å². The largest absolute Gasteiger partial charge is 0.497 e. The first kappa shape index (κ1) is 31.4. The highest BCUT2D eigenvalue weighted by Crippen LogP contribution is 2.48. The third-order valence-electron chi connectivity index (χ3n) is 6.12. The fourth-order valence-corrected chi connectivity index (χ4v) is 6.99. The summed E-state index contributed by atoms with van der Waals surface area (Å²) in [4.78, 5) is 24.3. The number of fused-ring (bicyclic) bond motifs is 1. The first-order valence-electron chi connectivity index (χ1n) is 12.2. The molecule has 1 aliphatic rings. The third-order valence-corrected chi connectivity index (χ3v) is 9.01. The molecule has 13 heteroatoms. The molecule has 1 unspecified atom stereocenters. The second-order valence-corrected chi connectivity index (χ2v) is 12.0. The van der Waals surface area contributed by atoms with Gasteiger partial charge in [-0.15, -0.1) is 23.2 Å². The highest BCUT2D eigenvalue weighted by Gasteiger charge is 2.32. The van der Waals surface area contributed by atoms with Gasteiger partial charge in [-0.1, -0.05) is 11.6 Å². The second-order valence-electron chi connectivity index (χ2n) is 8.61. The highest BCUT2D eigenvalue weighted by atomic mass is 35.5. The Morgan fingerprint density at radius 2 is 1.82 bits per heavy atom. The number of alkyl halides is 2. The van der Waals surface area contributed by atoms with Crippen LogP contribution in [0.4, 0.5) is 0 Å². The molecule has 0 radical (unpaired) electrons. The Morgan fingerprint density at radius 3 is 2.36 bits per heavy atom. The molecule has 2 aromatic carbocycles. The Labute approximate surface area is 242 Å². The van der Waals surface area contributed by atoms with Crippen molar-refractivity contribution >= 4 is 65.3 Å². The summed E-state index contributed by atoms with van der Waals surface area (Å²) in [5.41, 5.74) is 2.32. The number of nitrogens with zero attached hydrogens (tertiary/aromatic N) is 2. The van der Waals surface area contributed by atoms with Crippen molar-refractivity contribution in [2.45, 2.75) is 19.8 Å². The lowest BCUT2D eigenvalue weighted by molar-refractivity contribution is -0.136. The second kappa shape index (κ2) is 14.5. The number of carboxylic acid groups (broad SMARTS) is 1. The lowest BCUT2D eigenvalue weighted by atomic mass is 10.1. The normalized spacial score (nSPS) is 17.1. The standard InChI is InChI=1S/C19H16ClNO4.C7H15Cl2N2O2P/c1-11-15(10-18(22)23)16-9-14(25-2)7-8-17(16)21(11)19(24)12-3-5-13(20)6-4-12;8-2-5-11(6-3-9)14(12)10-4-1-7-13-14/h3-9H,10H2,1-2H3,(H,22,23);1-7H2,(H,10,12). The van der Waals surface area contributed by atoms with E-state index in [0.29, 0.717) is 70.0 Å². The van der Waals surface area contributed by atoms with Crippen molar-refractivity contribution in [1.82, 2.24) is 14.3 Å². The third kappa shape index (κ3) is 7.76. The zero-order valence-electron chi connectivity index (χ0n) is 21.7. The number of aromatic nitrogens is 1. The van der Waals surface area contributed by atoms with Crippen molar-refractivity contribution in [1.29, 1.82) is 0 Å². The van der Waals surface area contributed by atoms with Gasteiger partial charge in [-0.25, -0.2) is 9.76 Å². The molecule has 2 N–H and O–H groups in total. The molecule has 0 aliphatic carbocycles. The van der Waals surface area contributed by atoms with Crippen molar-refractivity contribution < 1.29 is 28.5 Å². The van der Waals surface area contributed by atoms with E-state index in [0.717, 1.165) is 13.0 Å². The van der Waals surface area contributed by atoms with Gasteiger partial charge in [0.05, 0.1) is 25.7 Å². The molecule has 0 amide bonds. The summed E-state index contributed by atoms with van der Waals surface area (Å²) in [5.74, 6) is 0.262. The Bertz CT molecular complexity index is 1330. The maximum atomic E-state index is 13.0. The average molecular weight is 619 g/mol. The van der Waals surface area contributed by atoms with Gasteiger partial charge in [0, 0.05) is 53.1 Å². The number of carboxylic acids is 1. The first-order valence-corrected chi connectivity index (χ1v) is 15.2. The van der Waals surface area contributed by atoms with E-state index in [1.165, 1.54) is 4.57 Å². The number of carbonyl (C=O) groups excluding carboxylic acids is 1. The van der Waals surface area contributed by atoms with Crippen molar-refractivity contribution in [2.75, 3.05) is 45.1 Å². The molecule has 212 valence electrons. The minimum Gasteiger partial charge on any atom is -0.497 e. The molecule has 4 rings (SSSR count). The molecular formula is C26H31Cl3N3O6P. The maximum absolute atomic E-state index is 13.0. The predicted octanol–water partition coefficient (Wildman–Crippen LogP) is 5.81. The lowest BCUT2D eigenvalue weighted by Gasteiger charge is -2.33. The van der Waals surface area contributed by atoms with Gasteiger partial charge in [0.25, 0.3) is 5.91 Å². The van der Waals surface area contributed by atoms with Gasteiger partial charge >= 0.3 is 13.6 Å². The minimum absolute atomic E-state index is 0.170. The maximum Gasteiger partial charge on any atom is 0.343 e. The minimum atomic E-state index is -2.84. The summed E-state index contributed by atoms with van der Waals surface area (Å²) in [6.07, 6.45) is 0.718. The SMILES string of the molecule is COc1ccc2c(c1)c(CC(=O)O)c(C)n2C(=O)c1ccc(Cl)cc1.O=P1(N(CCCl)CCCl)NCCCO1. The number of carbonyl (C=O) groups is 2. The first-order chi connectivity index (χ1) is 18.6. The smallest absolute Gasteiger partial charge is 0.343 e. The molecule has 39 heavy (non-hydrogen) atoms. The Balaban J connectivity index is 0.000000255. The van der Waals surface area contributed by atoms with Crippen LogP contribution in [0.15, 0.2) is 42.5 Å². The van der Waals surface area contributed by atoms with Crippen molar-refractivity contribution in [3.63, 3.8) is 0 Å². The molecule has 1 aromatic heterocycles. The summed E-state index contributed by atoms with van der Waals surface area (Å²) in [6, 6.07) is 11.9. The summed E-state index contributed by atoms with van der Waals surface area (Å²) in [5, 5.41) is 13.4. The number of rotatable bonds is 9. The van der Waals surface area contributed by atoms with E-state index in [4.69, 9.17) is 44.1 Å². The summed E-state index contributed by atoms with van der Waals surface area (Å²) in [7, 11) is -1.30. The summed E-state index contributed by atoms with van der Waals surface area (Å²) in [6.45, 7) is 4.05. The van der Waals surface area contributed by atoms with Gasteiger partial charge < -0.3 is 14.4 Å². The Hall–Kier alpha value is -2.10. The molecular weight excluding hydrogens is 588 g/mol. The number of hydrogen-bond acceptors (Lipinski definition) is 5. The predicted molar refractivity (Wildman–Crippen MR) is 155 cm³/mol. The molecule has 2 heterocycles. The zero-order valence-corrected chi connectivity index (χ0v) is 24.8. The van der Waals surface area contributed by atoms with E-state index in [-0.39, 0.29) is 12.3 Å². The van der Waals surface area contributed by atoms with Gasteiger partial charge in [-0.05, 0) is 61.4 Å².